The third-order valence-corrected chi connectivity index (χ3v) is 3.23. The Morgan fingerprint density at radius 2 is 1.90 bits per heavy atom. The number of amides is 1. The van der Waals surface area contributed by atoms with Gasteiger partial charge in [0.05, 0.1) is 22.0 Å². The molecule has 1 aromatic heterocycles. The molecular weight excluding hydrogens is 292 g/mol. The first-order valence-corrected chi connectivity index (χ1v) is 6.54. The van der Waals surface area contributed by atoms with E-state index in [4.69, 9.17) is 16.7 Å². The third-order valence-electron chi connectivity index (χ3n) is 2.92. The van der Waals surface area contributed by atoms with Crippen LogP contribution in [-0.4, -0.2) is 22.0 Å². The normalized spacial score (nSPS) is 10.2. The van der Waals surface area contributed by atoms with Crippen molar-refractivity contribution in [2.75, 3.05) is 5.32 Å². The van der Waals surface area contributed by atoms with E-state index < -0.39 is 11.9 Å². The van der Waals surface area contributed by atoms with Crippen molar-refractivity contribution in [2.45, 2.75) is 13.8 Å². The summed E-state index contributed by atoms with van der Waals surface area (Å²) in [5, 5.41) is 12.0. The van der Waals surface area contributed by atoms with Gasteiger partial charge in [0.15, 0.2) is 0 Å². The number of carbonyl (C=O) groups is 2. The Hall–Kier alpha value is -2.40. The van der Waals surface area contributed by atoms with Gasteiger partial charge in [0.2, 0.25) is 0 Å². The monoisotopic (exact) mass is 304 g/mol. The number of halogens is 1. The second kappa shape index (κ2) is 5.93. The Morgan fingerprint density at radius 1 is 1.19 bits per heavy atom. The number of hydrogen-bond donors (Lipinski definition) is 2. The average molecular weight is 305 g/mol. The molecule has 0 bridgehead atoms. The van der Waals surface area contributed by atoms with Crippen molar-refractivity contribution in [1.82, 2.24) is 4.98 Å². The molecule has 0 spiro atoms. The second-order valence-corrected chi connectivity index (χ2v) is 4.98. The summed E-state index contributed by atoms with van der Waals surface area (Å²) in [7, 11) is 0. The Labute approximate surface area is 126 Å². The number of aromatic carboxylic acids is 1. The number of benzene rings is 1. The predicted molar refractivity (Wildman–Crippen MR) is 80.1 cm³/mol. The molecule has 0 radical (unpaired) electrons. The number of hydrogen-bond acceptors (Lipinski definition) is 3. The predicted octanol–water partition coefficient (Wildman–Crippen LogP) is 3.30. The maximum Gasteiger partial charge on any atom is 0.337 e. The molecule has 0 unspecified atom stereocenters. The van der Waals surface area contributed by atoms with E-state index in [0.29, 0.717) is 10.7 Å². The molecule has 0 saturated carbocycles. The van der Waals surface area contributed by atoms with E-state index in [0.717, 1.165) is 5.56 Å². The highest BCUT2D eigenvalue weighted by Crippen LogP contribution is 2.23. The minimum atomic E-state index is -1.08. The van der Waals surface area contributed by atoms with Crippen LogP contribution in [0, 0.1) is 13.8 Å². The summed E-state index contributed by atoms with van der Waals surface area (Å²) in [6.45, 7) is 3.44. The molecule has 6 heteroatoms. The lowest BCUT2D eigenvalue weighted by Crippen LogP contribution is -2.15. The lowest BCUT2D eigenvalue weighted by atomic mass is 10.2. The molecule has 2 N–H and O–H groups in total. The zero-order valence-electron chi connectivity index (χ0n) is 11.5. The molecule has 0 fully saturated rings. The molecule has 2 rings (SSSR count). The van der Waals surface area contributed by atoms with Crippen molar-refractivity contribution in [3.05, 3.63) is 57.9 Å². The number of pyridine rings is 1. The van der Waals surface area contributed by atoms with E-state index >= 15 is 0 Å². The molecule has 0 saturated heterocycles. The highest BCUT2D eigenvalue weighted by Gasteiger charge is 2.14. The van der Waals surface area contributed by atoms with Crippen LogP contribution >= 0.6 is 11.6 Å². The highest BCUT2D eigenvalue weighted by molar-refractivity contribution is 6.34. The molecule has 108 valence electrons. The van der Waals surface area contributed by atoms with Gasteiger partial charge in [-0.2, -0.15) is 0 Å². The quantitative estimate of drug-likeness (QED) is 0.912. The summed E-state index contributed by atoms with van der Waals surface area (Å²) in [5.74, 6) is -1.52. The lowest BCUT2D eigenvalue weighted by molar-refractivity contribution is 0.0695. The molecule has 0 aliphatic heterocycles. The van der Waals surface area contributed by atoms with Crippen LogP contribution in [0.4, 0.5) is 5.69 Å². The standard InChI is InChI=1S/C15H13ClN2O3/c1-8-3-5-12(11(16)7-8)18-14(19)13-6-4-10(15(20)21)9(2)17-13/h3-7H,1-2H3,(H,18,19)(H,20,21). The van der Waals surface area contributed by atoms with Crippen LogP contribution in [0.3, 0.4) is 0 Å². The number of carboxylic acid groups (broad SMARTS) is 1. The molecule has 1 aromatic carbocycles. The lowest BCUT2D eigenvalue weighted by Gasteiger charge is -2.08. The average Bonchev–Trinajstić information content (AvgIpc) is 2.41. The fourth-order valence-corrected chi connectivity index (χ4v) is 2.10. The SMILES string of the molecule is Cc1ccc(NC(=O)c2ccc(C(=O)O)c(C)n2)c(Cl)c1. The van der Waals surface area contributed by atoms with E-state index in [9.17, 15) is 9.59 Å². The number of carbonyl (C=O) groups excluding carboxylic acids is 1. The van der Waals surface area contributed by atoms with Gasteiger partial charge in [0.25, 0.3) is 5.91 Å². The first kappa shape index (κ1) is 15.0. The number of aryl methyl sites for hydroxylation is 2. The van der Waals surface area contributed by atoms with E-state index in [2.05, 4.69) is 10.3 Å². The van der Waals surface area contributed by atoms with Crippen LogP contribution in [0.1, 0.15) is 32.1 Å². The zero-order chi connectivity index (χ0) is 15.6. The van der Waals surface area contributed by atoms with Gasteiger partial charge < -0.3 is 10.4 Å². The van der Waals surface area contributed by atoms with Crippen LogP contribution < -0.4 is 5.32 Å². The van der Waals surface area contributed by atoms with Crippen molar-refractivity contribution in [3.8, 4) is 0 Å². The van der Waals surface area contributed by atoms with Crippen molar-refractivity contribution in [1.29, 1.82) is 0 Å². The maximum atomic E-state index is 12.1. The number of carboxylic acids is 1. The Bertz CT molecular complexity index is 729. The van der Waals surface area contributed by atoms with Crippen LogP contribution in [0.25, 0.3) is 0 Å². The molecule has 0 atom stereocenters. The van der Waals surface area contributed by atoms with Gasteiger partial charge in [-0.15, -0.1) is 0 Å². The number of nitrogens with one attached hydrogen (secondary N) is 1. The largest absolute Gasteiger partial charge is 0.478 e. The molecular formula is C15H13ClN2O3. The first-order chi connectivity index (χ1) is 9.88. The fourth-order valence-electron chi connectivity index (χ4n) is 1.82. The number of anilines is 1. The van der Waals surface area contributed by atoms with Gasteiger partial charge >= 0.3 is 5.97 Å². The van der Waals surface area contributed by atoms with Crippen molar-refractivity contribution in [2.24, 2.45) is 0 Å². The van der Waals surface area contributed by atoms with Gasteiger partial charge in [-0.1, -0.05) is 17.7 Å². The van der Waals surface area contributed by atoms with Crippen molar-refractivity contribution >= 4 is 29.2 Å². The summed E-state index contributed by atoms with van der Waals surface area (Å²) in [4.78, 5) is 27.0. The fraction of sp³-hybridized carbons (Fsp3) is 0.133. The topological polar surface area (TPSA) is 79.3 Å². The maximum absolute atomic E-state index is 12.1. The minimum Gasteiger partial charge on any atom is -0.478 e. The molecule has 1 heterocycles. The number of nitrogens with zero attached hydrogens (tertiary/aromatic N) is 1. The first-order valence-electron chi connectivity index (χ1n) is 6.17. The molecule has 0 aliphatic rings. The van der Waals surface area contributed by atoms with Gasteiger partial charge in [-0.05, 0) is 43.7 Å². The summed E-state index contributed by atoms with van der Waals surface area (Å²) >= 11 is 6.05. The molecule has 2 aromatic rings. The Kier molecular flexibility index (Phi) is 4.23. The molecule has 21 heavy (non-hydrogen) atoms. The van der Waals surface area contributed by atoms with E-state index in [1.807, 2.05) is 13.0 Å². The Balaban J connectivity index is 2.24. The van der Waals surface area contributed by atoms with Crippen LogP contribution in [0.2, 0.25) is 5.02 Å². The van der Waals surface area contributed by atoms with Gasteiger partial charge in [-0.25, -0.2) is 9.78 Å². The number of rotatable bonds is 3. The summed E-state index contributed by atoms with van der Waals surface area (Å²) in [6, 6.07) is 8.00. The number of aromatic nitrogens is 1. The van der Waals surface area contributed by atoms with E-state index in [1.165, 1.54) is 12.1 Å². The molecule has 0 aliphatic carbocycles. The van der Waals surface area contributed by atoms with Gasteiger partial charge in [0, 0.05) is 0 Å². The van der Waals surface area contributed by atoms with E-state index in [1.54, 1.807) is 19.1 Å². The van der Waals surface area contributed by atoms with Crippen LogP contribution in [0.15, 0.2) is 30.3 Å². The minimum absolute atomic E-state index is 0.0694. The molecule has 1 amide bonds. The highest BCUT2D eigenvalue weighted by atomic mass is 35.5. The van der Waals surface area contributed by atoms with Gasteiger partial charge in [0.1, 0.15) is 5.69 Å². The van der Waals surface area contributed by atoms with Crippen molar-refractivity contribution < 1.29 is 14.7 Å². The van der Waals surface area contributed by atoms with Crippen LogP contribution in [-0.2, 0) is 0 Å². The van der Waals surface area contributed by atoms with Gasteiger partial charge in [-0.3, -0.25) is 4.79 Å². The summed E-state index contributed by atoms with van der Waals surface area (Å²) < 4.78 is 0. The van der Waals surface area contributed by atoms with Crippen LogP contribution in [0.5, 0.6) is 0 Å². The third kappa shape index (κ3) is 3.38. The zero-order valence-corrected chi connectivity index (χ0v) is 12.2. The smallest absolute Gasteiger partial charge is 0.337 e. The van der Waals surface area contributed by atoms with E-state index in [-0.39, 0.29) is 17.0 Å². The summed E-state index contributed by atoms with van der Waals surface area (Å²) in [6.07, 6.45) is 0. The summed E-state index contributed by atoms with van der Waals surface area (Å²) in [5.41, 5.74) is 1.95. The molecule has 5 nitrogen and oxygen atoms in total. The Morgan fingerprint density at radius 3 is 2.48 bits per heavy atom. The van der Waals surface area contributed by atoms with Crippen molar-refractivity contribution in [3.63, 3.8) is 0 Å². The second-order valence-electron chi connectivity index (χ2n) is 4.57.